The summed E-state index contributed by atoms with van der Waals surface area (Å²) < 4.78 is 26.9. The van der Waals surface area contributed by atoms with E-state index in [1.807, 2.05) is 36.9 Å². The molecule has 3 rings (SSSR count). The van der Waals surface area contributed by atoms with Gasteiger partial charge in [-0.25, -0.2) is 8.42 Å². The van der Waals surface area contributed by atoms with E-state index in [0.29, 0.717) is 30.4 Å². The summed E-state index contributed by atoms with van der Waals surface area (Å²) in [5.74, 6) is -0.0757. The van der Waals surface area contributed by atoms with Gasteiger partial charge in [0.1, 0.15) is 4.21 Å². The number of hydrogen-bond acceptors (Lipinski definition) is 5. The fraction of sp³-hybridized carbons (Fsp3) is 0.389. The molecule has 140 valence electrons. The number of amides is 1. The molecule has 6 nitrogen and oxygen atoms in total. The Morgan fingerprint density at radius 1 is 1.15 bits per heavy atom. The molecule has 1 saturated heterocycles. The number of benzene rings is 1. The maximum Gasteiger partial charge on any atom is 0.252 e. The summed E-state index contributed by atoms with van der Waals surface area (Å²) in [6, 6.07) is 9.32. The van der Waals surface area contributed by atoms with Gasteiger partial charge in [-0.1, -0.05) is 18.2 Å². The summed E-state index contributed by atoms with van der Waals surface area (Å²) in [7, 11) is -3.40. The molecule has 1 aromatic carbocycles. The Morgan fingerprint density at radius 2 is 1.88 bits per heavy atom. The molecule has 1 aromatic heterocycles. The van der Waals surface area contributed by atoms with Crippen LogP contribution in [0, 0.1) is 13.8 Å². The van der Waals surface area contributed by atoms with Gasteiger partial charge < -0.3 is 5.32 Å². The zero-order valence-electron chi connectivity index (χ0n) is 14.9. The average Bonchev–Trinajstić information content (AvgIpc) is 3.14. The van der Waals surface area contributed by atoms with Crippen molar-refractivity contribution in [3.63, 3.8) is 0 Å². The van der Waals surface area contributed by atoms with Crippen molar-refractivity contribution >= 4 is 33.0 Å². The fourth-order valence-corrected chi connectivity index (χ4v) is 5.50. The third kappa shape index (κ3) is 4.32. The molecule has 0 unspecified atom stereocenters. The summed E-state index contributed by atoms with van der Waals surface area (Å²) >= 11 is 1.23. The average molecular weight is 394 g/mol. The molecule has 26 heavy (non-hydrogen) atoms. The summed E-state index contributed by atoms with van der Waals surface area (Å²) in [6.45, 7) is 6.11. The van der Waals surface area contributed by atoms with Crippen LogP contribution in [0.4, 0.5) is 5.69 Å². The van der Waals surface area contributed by atoms with Gasteiger partial charge in [-0.05, 0) is 42.5 Å². The second-order valence-corrected chi connectivity index (χ2v) is 9.59. The highest BCUT2D eigenvalue weighted by Crippen LogP contribution is 2.22. The standard InChI is InChI=1S/C18H23N3O3S2/c1-14-5-6-15(2)16(12-14)19-17(22)13-20-7-9-21(10-8-20)26(23,24)18-4-3-11-25-18/h3-6,11-12H,7-10,13H2,1-2H3,(H,19,22). The van der Waals surface area contributed by atoms with Crippen LogP contribution in [0.5, 0.6) is 0 Å². The number of nitrogens with one attached hydrogen (secondary N) is 1. The molecule has 1 N–H and O–H groups in total. The molecule has 0 bridgehead atoms. The first-order chi connectivity index (χ1) is 12.4. The SMILES string of the molecule is Cc1ccc(C)c(NC(=O)CN2CCN(S(=O)(=O)c3cccs3)CC2)c1. The first-order valence-electron chi connectivity index (χ1n) is 8.49. The van der Waals surface area contributed by atoms with Crippen molar-refractivity contribution in [1.29, 1.82) is 0 Å². The molecule has 8 heteroatoms. The second-order valence-electron chi connectivity index (χ2n) is 6.48. The summed E-state index contributed by atoms with van der Waals surface area (Å²) in [4.78, 5) is 14.3. The number of nitrogens with zero attached hydrogens (tertiary/aromatic N) is 2. The number of hydrogen-bond donors (Lipinski definition) is 1. The smallest absolute Gasteiger partial charge is 0.252 e. The monoisotopic (exact) mass is 393 g/mol. The lowest BCUT2D eigenvalue weighted by Crippen LogP contribution is -2.50. The Balaban J connectivity index is 1.54. The van der Waals surface area contributed by atoms with E-state index in [9.17, 15) is 13.2 Å². The Bertz CT molecular complexity index is 871. The van der Waals surface area contributed by atoms with Crippen molar-refractivity contribution in [3.8, 4) is 0 Å². The predicted molar refractivity (Wildman–Crippen MR) is 104 cm³/mol. The van der Waals surface area contributed by atoms with Crippen LogP contribution in [0.15, 0.2) is 39.9 Å². The Kier molecular flexibility index (Phi) is 5.76. The Morgan fingerprint density at radius 3 is 2.54 bits per heavy atom. The van der Waals surface area contributed by atoms with Gasteiger partial charge in [-0.2, -0.15) is 4.31 Å². The van der Waals surface area contributed by atoms with E-state index in [2.05, 4.69) is 5.32 Å². The van der Waals surface area contributed by atoms with E-state index in [1.54, 1.807) is 17.5 Å². The van der Waals surface area contributed by atoms with E-state index in [0.717, 1.165) is 16.8 Å². The molecule has 0 aliphatic carbocycles. The lowest BCUT2D eigenvalue weighted by atomic mass is 10.1. The van der Waals surface area contributed by atoms with Crippen LogP contribution in [0.1, 0.15) is 11.1 Å². The van der Waals surface area contributed by atoms with Crippen molar-refractivity contribution in [2.75, 3.05) is 38.0 Å². The van der Waals surface area contributed by atoms with Crippen LogP contribution in [-0.2, 0) is 14.8 Å². The molecule has 0 spiro atoms. The zero-order chi connectivity index (χ0) is 18.7. The lowest BCUT2D eigenvalue weighted by molar-refractivity contribution is -0.117. The van der Waals surface area contributed by atoms with Crippen molar-refractivity contribution in [3.05, 3.63) is 46.8 Å². The number of piperazine rings is 1. The van der Waals surface area contributed by atoms with Crippen molar-refractivity contribution in [2.45, 2.75) is 18.1 Å². The minimum atomic E-state index is -3.40. The molecule has 1 aliphatic heterocycles. The van der Waals surface area contributed by atoms with Crippen molar-refractivity contribution < 1.29 is 13.2 Å². The van der Waals surface area contributed by atoms with Gasteiger partial charge in [-0.3, -0.25) is 9.69 Å². The first kappa shape index (κ1) is 19.0. The van der Waals surface area contributed by atoms with Crippen LogP contribution in [-0.4, -0.2) is 56.3 Å². The van der Waals surface area contributed by atoms with Gasteiger partial charge in [0.15, 0.2) is 0 Å². The number of thiophene rings is 1. The number of sulfonamides is 1. The highest BCUT2D eigenvalue weighted by Gasteiger charge is 2.29. The quantitative estimate of drug-likeness (QED) is 0.846. The Labute approximate surface area is 158 Å². The topological polar surface area (TPSA) is 69.7 Å². The number of aryl methyl sites for hydroxylation is 2. The highest BCUT2D eigenvalue weighted by atomic mass is 32.2. The minimum absolute atomic E-state index is 0.0757. The molecule has 0 saturated carbocycles. The van der Waals surface area contributed by atoms with Crippen molar-refractivity contribution in [1.82, 2.24) is 9.21 Å². The molecule has 2 aromatic rings. The largest absolute Gasteiger partial charge is 0.325 e. The molecule has 1 fully saturated rings. The summed E-state index contributed by atoms with van der Waals surface area (Å²) in [6.07, 6.45) is 0. The Hall–Kier alpha value is -1.74. The predicted octanol–water partition coefficient (Wildman–Crippen LogP) is 2.31. The van der Waals surface area contributed by atoms with Gasteiger partial charge in [0.2, 0.25) is 5.91 Å². The molecular formula is C18H23N3O3S2. The van der Waals surface area contributed by atoms with E-state index >= 15 is 0 Å². The normalized spacial score (nSPS) is 16.5. The van der Waals surface area contributed by atoms with Crippen LogP contribution in [0.2, 0.25) is 0 Å². The van der Waals surface area contributed by atoms with E-state index in [4.69, 9.17) is 0 Å². The summed E-state index contributed by atoms with van der Waals surface area (Å²) in [5.41, 5.74) is 2.95. The molecule has 1 aliphatic rings. The molecule has 1 amide bonds. The molecule has 2 heterocycles. The summed E-state index contributed by atoms with van der Waals surface area (Å²) in [5, 5.41) is 4.72. The number of rotatable bonds is 5. The van der Waals surface area contributed by atoms with Crippen LogP contribution >= 0.6 is 11.3 Å². The van der Waals surface area contributed by atoms with E-state index in [1.165, 1.54) is 15.6 Å². The molecule has 0 atom stereocenters. The van der Waals surface area contributed by atoms with Crippen molar-refractivity contribution in [2.24, 2.45) is 0 Å². The van der Waals surface area contributed by atoms with Gasteiger partial charge in [-0.15, -0.1) is 11.3 Å². The molecular weight excluding hydrogens is 370 g/mol. The zero-order valence-corrected chi connectivity index (χ0v) is 16.6. The first-order valence-corrected chi connectivity index (χ1v) is 10.8. The van der Waals surface area contributed by atoms with E-state index < -0.39 is 10.0 Å². The number of carbonyl (C=O) groups is 1. The minimum Gasteiger partial charge on any atom is -0.325 e. The number of anilines is 1. The van der Waals surface area contributed by atoms with Crippen LogP contribution in [0.3, 0.4) is 0 Å². The van der Waals surface area contributed by atoms with Crippen LogP contribution in [0.25, 0.3) is 0 Å². The number of carbonyl (C=O) groups excluding carboxylic acids is 1. The van der Waals surface area contributed by atoms with Gasteiger partial charge in [0, 0.05) is 31.9 Å². The molecule has 0 radical (unpaired) electrons. The van der Waals surface area contributed by atoms with Crippen LogP contribution < -0.4 is 5.32 Å². The van der Waals surface area contributed by atoms with Gasteiger partial charge >= 0.3 is 0 Å². The van der Waals surface area contributed by atoms with E-state index in [-0.39, 0.29) is 12.5 Å². The highest BCUT2D eigenvalue weighted by molar-refractivity contribution is 7.91. The maximum absolute atomic E-state index is 12.5. The van der Waals surface area contributed by atoms with Gasteiger partial charge in [0.25, 0.3) is 10.0 Å². The lowest BCUT2D eigenvalue weighted by Gasteiger charge is -2.33. The third-order valence-corrected chi connectivity index (χ3v) is 7.73. The second kappa shape index (κ2) is 7.87. The fourth-order valence-electron chi connectivity index (χ4n) is 2.93. The van der Waals surface area contributed by atoms with Gasteiger partial charge in [0.05, 0.1) is 6.54 Å². The third-order valence-electron chi connectivity index (χ3n) is 4.45. The maximum atomic E-state index is 12.5.